The molecule has 5 heteroatoms. The Morgan fingerprint density at radius 3 is 2.40 bits per heavy atom. The Labute approximate surface area is 207 Å². The molecule has 1 atom stereocenters. The van der Waals surface area contributed by atoms with Crippen LogP contribution in [0, 0.1) is 5.82 Å². The standard InChI is InChI=1S/C30H33FN2O2/c1-35-29-16-7-5-13-26(29)28-15-8-9-17-32(28)21-30(34)33(20-24-12-4-6-14-27(24)31)25-18-22-10-2-3-11-23(22)19-25/h2-7,10-14,16,25,28H,8-9,15,17-21H2,1H3. The Hall–Kier alpha value is -3.18. The summed E-state index contributed by atoms with van der Waals surface area (Å²) in [6, 6.07) is 23.5. The zero-order valence-electron chi connectivity index (χ0n) is 20.3. The molecule has 1 saturated heterocycles. The molecule has 5 rings (SSSR count). The fraction of sp³-hybridized carbons (Fsp3) is 0.367. The first-order valence-corrected chi connectivity index (χ1v) is 12.6. The van der Waals surface area contributed by atoms with Gasteiger partial charge in [0.25, 0.3) is 0 Å². The summed E-state index contributed by atoms with van der Waals surface area (Å²) in [6.07, 6.45) is 4.82. The Balaban J connectivity index is 1.40. The van der Waals surface area contributed by atoms with E-state index >= 15 is 0 Å². The number of fused-ring (bicyclic) bond motifs is 1. The van der Waals surface area contributed by atoms with Gasteiger partial charge in [-0.1, -0.05) is 67.1 Å². The van der Waals surface area contributed by atoms with E-state index in [1.807, 2.05) is 29.2 Å². The Kier molecular flexibility index (Phi) is 7.14. The predicted octanol–water partition coefficient (Wildman–Crippen LogP) is 5.56. The summed E-state index contributed by atoms with van der Waals surface area (Å²) in [5.41, 5.74) is 4.27. The van der Waals surface area contributed by atoms with Gasteiger partial charge in [-0.3, -0.25) is 9.69 Å². The zero-order valence-corrected chi connectivity index (χ0v) is 20.3. The quantitative estimate of drug-likeness (QED) is 0.452. The van der Waals surface area contributed by atoms with Gasteiger partial charge in [-0.05, 0) is 55.5 Å². The van der Waals surface area contributed by atoms with Crippen LogP contribution in [0.3, 0.4) is 0 Å². The van der Waals surface area contributed by atoms with Crippen LogP contribution in [0.2, 0.25) is 0 Å². The van der Waals surface area contributed by atoms with Crippen molar-refractivity contribution >= 4 is 5.91 Å². The van der Waals surface area contributed by atoms with E-state index < -0.39 is 0 Å². The highest BCUT2D eigenvalue weighted by Crippen LogP contribution is 2.36. The summed E-state index contributed by atoms with van der Waals surface area (Å²) in [6.45, 7) is 1.48. The number of halogens is 1. The van der Waals surface area contributed by atoms with Gasteiger partial charge < -0.3 is 9.64 Å². The lowest BCUT2D eigenvalue weighted by atomic mass is 9.94. The fourth-order valence-electron chi connectivity index (χ4n) is 5.73. The number of ether oxygens (including phenoxy) is 1. The van der Waals surface area contributed by atoms with Crippen LogP contribution in [0.25, 0.3) is 0 Å². The second-order valence-electron chi connectivity index (χ2n) is 9.67. The number of likely N-dealkylation sites (tertiary alicyclic amines) is 1. The number of carbonyl (C=O) groups is 1. The third kappa shape index (κ3) is 5.10. The number of methoxy groups -OCH3 is 1. The summed E-state index contributed by atoms with van der Waals surface area (Å²) in [4.78, 5) is 18.1. The van der Waals surface area contributed by atoms with E-state index in [2.05, 4.69) is 35.2 Å². The van der Waals surface area contributed by atoms with Gasteiger partial charge in [0, 0.05) is 29.8 Å². The lowest BCUT2D eigenvalue weighted by Crippen LogP contribution is -2.47. The lowest BCUT2D eigenvalue weighted by Gasteiger charge is -2.38. The molecule has 0 saturated carbocycles. The molecule has 4 nitrogen and oxygen atoms in total. The highest BCUT2D eigenvalue weighted by molar-refractivity contribution is 5.79. The maximum absolute atomic E-state index is 14.6. The molecule has 1 aliphatic carbocycles. The summed E-state index contributed by atoms with van der Waals surface area (Å²) >= 11 is 0. The van der Waals surface area contributed by atoms with Crippen LogP contribution in [0.1, 0.15) is 47.6 Å². The summed E-state index contributed by atoms with van der Waals surface area (Å²) < 4.78 is 20.3. The molecule has 2 aliphatic rings. The molecule has 0 N–H and O–H groups in total. The van der Waals surface area contributed by atoms with Crippen molar-refractivity contribution in [3.8, 4) is 5.75 Å². The summed E-state index contributed by atoms with van der Waals surface area (Å²) in [5, 5.41) is 0. The first kappa shape index (κ1) is 23.6. The van der Waals surface area contributed by atoms with E-state index in [-0.39, 0.29) is 30.4 Å². The molecule has 1 unspecified atom stereocenters. The van der Waals surface area contributed by atoms with Crippen LogP contribution in [-0.4, -0.2) is 41.9 Å². The Morgan fingerprint density at radius 2 is 1.66 bits per heavy atom. The van der Waals surface area contributed by atoms with Gasteiger partial charge in [-0.25, -0.2) is 4.39 Å². The van der Waals surface area contributed by atoms with Crippen molar-refractivity contribution in [3.05, 3.63) is 101 Å². The first-order valence-electron chi connectivity index (χ1n) is 12.6. The topological polar surface area (TPSA) is 32.8 Å². The minimum atomic E-state index is -0.259. The van der Waals surface area contributed by atoms with E-state index in [1.54, 1.807) is 19.2 Å². The van der Waals surface area contributed by atoms with Crippen LogP contribution < -0.4 is 4.74 Å². The molecule has 0 radical (unpaired) electrons. The number of rotatable bonds is 7. The van der Waals surface area contributed by atoms with Crippen LogP contribution in [-0.2, 0) is 24.2 Å². The number of amides is 1. The van der Waals surface area contributed by atoms with Crippen LogP contribution in [0.4, 0.5) is 4.39 Å². The zero-order chi connectivity index (χ0) is 24.2. The van der Waals surface area contributed by atoms with Crippen LogP contribution in [0.5, 0.6) is 5.75 Å². The second kappa shape index (κ2) is 10.6. The van der Waals surface area contributed by atoms with Gasteiger partial charge in [-0.15, -0.1) is 0 Å². The third-order valence-electron chi connectivity index (χ3n) is 7.54. The van der Waals surface area contributed by atoms with Crippen LogP contribution >= 0.6 is 0 Å². The normalized spacial score (nSPS) is 18.3. The number of hydrogen-bond donors (Lipinski definition) is 0. The fourth-order valence-corrected chi connectivity index (χ4v) is 5.73. The van der Waals surface area contributed by atoms with Crippen molar-refractivity contribution in [1.82, 2.24) is 9.80 Å². The number of piperidine rings is 1. The SMILES string of the molecule is COc1ccccc1C1CCCCN1CC(=O)N(Cc1ccccc1F)C1Cc2ccccc2C1. The predicted molar refractivity (Wildman–Crippen MR) is 136 cm³/mol. The molecule has 3 aromatic carbocycles. The van der Waals surface area contributed by atoms with Gasteiger partial charge in [0.15, 0.2) is 0 Å². The molecule has 3 aromatic rings. The molecule has 35 heavy (non-hydrogen) atoms. The highest BCUT2D eigenvalue weighted by Gasteiger charge is 2.34. The van der Waals surface area contributed by atoms with E-state index in [1.165, 1.54) is 17.2 Å². The third-order valence-corrected chi connectivity index (χ3v) is 7.54. The van der Waals surface area contributed by atoms with Gasteiger partial charge in [0.2, 0.25) is 5.91 Å². The average molecular weight is 473 g/mol. The van der Waals surface area contributed by atoms with Crippen molar-refractivity contribution in [1.29, 1.82) is 0 Å². The number of carbonyl (C=O) groups excluding carboxylic acids is 1. The molecule has 182 valence electrons. The van der Waals surface area contributed by atoms with Crippen molar-refractivity contribution in [2.45, 2.75) is 50.7 Å². The first-order chi connectivity index (χ1) is 17.1. The highest BCUT2D eigenvalue weighted by atomic mass is 19.1. The minimum absolute atomic E-state index is 0.0361. The molecular formula is C30H33FN2O2. The Morgan fingerprint density at radius 1 is 0.971 bits per heavy atom. The summed E-state index contributed by atoms with van der Waals surface area (Å²) in [5.74, 6) is 0.671. The second-order valence-corrected chi connectivity index (χ2v) is 9.67. The monoisotopic (exact) mass is 472 g/mol. The number of hydrogen-bond acceptors (Lipinski definition) is 3. The molecule has 1 heterocycles. The maximum Gasteiger partial charge on any atom is 0.237 e. The van der Waals surface area contributed by atoms with E-state index in [0.717, 1.165) is 50.0 Å². The molecule has 1 fully saturated rings. The molecular weight excluding hydrogens is 439 g/mol. The maximum atomic E-state index is 14.6. The van der Waals surface area contributed by atoms with E-state index in [0.29, 0.717) is 12.1 Å². The number of para-hydroxylation sites is 1. The van der Waals surface area contributed by atoms with Crippen molar-refractivity contribution in [2.24, 2.45) is 0 Å². The lowest BCUT2D eigenvalue weighted by molar-refractivity contribution is -0.136. The largest absolute Gasteiger partial charge is 0.496 e. The molecule has 0 aromatic heterocycles. The molecule has 1 amide bonds. The van der Waals surface area contributed by atoms with Crippen LogP contribution in [0.15, 0.2) is 72.8 Å². The van der Waals surface area contributed by atoms with Crippen molar-refractivity contribution in [2.75, 3.05) is 20.2 Å². The Bertz CT molecular complexity index is 1160. The van der Waals surface area contributed by atoms with Gasteiger partial charge in [-0.2, -0.15) is 0 Å². The van der Waals surface area contributed by atoms with Crippen molar-refractivity contribution in [3.63, 3.8) is 0 Å². The van der Waals surface area contributed by atoms with Gasteiger partial charge >= 0.3 is 0 Å². The molecule has 0 spiro atoms. The minimum Gasteiger partial charge on any atom is -0.496 e. The smallest absolute Gasteiger partial charge is 0.237 e. The van der Waals surface area contributed by atoms with Gasteiger partial charge in [0.05, 0.1) is 13.7 Å². The van der Waals surface area contributed by atoms with Gasteiger partial charge in [0.1, 0.15) is 11.6 Å². The number of nitrogens with zero attached hydrogens (tertiary/aromatic N) is 2. The molecule has 1 aliphatic heterocycles. The summed E-state index contributed by atoms with van der Waals surface area (Å²) in [7, 11) is 1.70. The molecule has 0 bridgehead atoms. The average Bonchev–Trinajstić information content (AvgIpc) is 3.32. The van der Waals surface area contributed by atoms with Crippen molar-refractivity contribution < 1.29 is 13.9 Å². The van der Waals surface area contributed by atoms with E-state index in [4.69, 9.17) is 4.74 Å². The number of benzene rings is 3. The van der Waals surface area contributed by atoms with E-state index in [9.17, 15) is 9.18 Å².